The van der Waals surface area contributed by atoms with Gasteiger partial charge in [-0.25, -0.2) is 0 Å². The van der Waals surface area contributed by atoms with Gasteiger partial charge in [0.1, 0.15) is 0 Å². The molecule has 1 saturated carbocycles. The molecule has 0 radical (unpaired) electrons. The second-order valence-electron chi connectivity index (χ2n) is 7.27. The van der Waals surface area contributed by atoms with Crippen molar-refractivity contribution in [3.8, 4) is 10.6 Å². The van der Waals surface area contributed by atoms with Crippen LogP contribution in [0, 0.1) is 16.5 Å². The van der Waals surface area contributed by atoms with Crippen molar-refractivity contribution in [1.82, 2.24) is 0 Å². The van der Waals surface area contributed by atoms with Crippen molar-refractivity contribution in [2.75, 3.05) is 0 Å². The Hall–Kier alpha value is -2.22. The number of hydrogen-bond acceptors (Lipinski definition) is 0. The fourth-order valence-electron chi connectivity index (χ4n) is 4.03. The third-order valence-electron chi connectivity index (χ3n) is 5.47. The summed E-state index contributed by atoms with van der Waals surface area (Å²) in [5, 5.41) is 0. The first kappa shape index (κ1) is 18.2. The van der Waals surface area contributed by atoms with Crippen LogP contribution in [0.5, 0.6) is 0 Å². The first-order chi connectivity index (χ1) is 13.4. The van der Waals surface area contributed by atoms with Crippen LogP contribution in [0.4, 0.5) is 0 Å². The molecule has 0 aromatic heterocycles. The average molecular weight is 413 g/mol. The maximum atomic E-state index is 3.97. The van der Waals surface area contributed by atoms with E-state index in [2.05, 4.69) is 102 Å². The van der Waals surface area contributed by atoms with Crippen molar-refractivity contribution >= 4 is 26.6 Å². The Balaban J connectivity index is 1.93. The first-order valence-electron chi connectivity index (χ1n) is 9.98. The summed E-state index contributed by atoms with van der Waals surface area (Å²) in [6.45, 7) is 0. The Labute approximate surface area is 166 Å². The Morgan fingerprint density at radius 1 is 0.556 bits per heavy atom. The van der Waals surface area contributed by atoms with E-state index in [-0.39, 0.29) is 0 Å². The van der Waals surface area contributed by atoms with Crippen molar-refractivity contribution in [2.24, 2.45) is 5.92 Å². The molecule has 1 aliphatic rings. The Kier molecular flexibility index (Phi) is 5.81. The SMILES string of the molecule is C(#C[As+](c1ccccc1)(c1ccccc1)c1ccccc1)C1CCCCC1. The molecule has 0 saturated heterocycles. The second kappa shape index (κ2) is 8.64. The Morgan fingerprint density at radius 3 is 1.37 bits per heavy atom. The van der Waals surface area contributed by atoms with E-state index in [9.17, 15) is 0 Å². The predicted octanol–water partition coefficient (Wildman–Crippen LogP) is 4.28. The van der Waals surface area contributed by atoms with E-state index in [1.54, 1.807) is 0 Å². The molecular formula is C26H26As+. The van der Waals surface area contributed by atoms with Gasteiger partial charge in [-0.15, -0.1) is 0 Å². The van der Waals surface area contributed by atoms with Crippen LogP contribution in [0.3, 0.4) is 0 Å². The molecule has 0 N–H and O–H groups in total. The van der Waals surface area contributed by atoms with Gasteiger partial charge >= 0.3 is 166 Å². The van der Waals surface area contributed by atoms with Gasteiger partial charge in [-0.1, -0.05) is 0 Å². The monoisotopic (exact) mass is 413 g/mol. The first-order valence-corrected chi connectivity index (χ1v) is 13.7. The summed E-state index contributed by atoms with van der Waals surface area (Å²) >= 11 is -2.83. The molecule has 0 amide bonds. The molecule has 134 valence electrons. The van der Waals surface area contributed by atoms with E-state index in [0.717, 1.165) is 0 Å². The summed E-state index contributed by atoms with van der Waals surface area (Å²) in [6, 6.07) is 33.1. The topological polar surface area (TPSA) is 0 Å². The molecule has 3 aromatic carbocycles. The van der Waals surface area contributed by atoms with Gasteiger partial charge in [0, 0.05) is 0 Å². The summed E-state index contributed by atoms with van der Waals surface area (Å²) < 4.78 is 8.21. The molecule has 1 fully saturated rings. The molecule has 0 heterocycles. The normalized spacial score (nSPS) is 15.0. The quantitative estimate of drug-likeness (QED) is 0.444. The molecule has 0 nitrogen and oxygen atoms in total. The van der Waals surface area contributed by atoms with Gasteiger partial charge in [0.2, 0.25) is 0 Å². The van der Waals surface area contributed by atoms with E-state index < -0.39 is 13.6 Å². The van der Waals surface area contributed by atoms with E-state index in [1.165, 1.54) is 45.2 Å². The third kappa shape index (κ3) is 3.90. The van der Waals surface area contributed by atoms with Crippen LogP contribution in [0.1, 0.15) is 32.1 Å². The zero-order valence-corrected chi connectivity index (χ0v) is 17.6. The Morgan fingerprint density at radius 2 is 0.963 bits per heavy atom. The number of benzene rings is 3. The molecule has 0 bridgehead atoms. The van der Waals surface area contributed by atoms with Crippen molar-refractivity contribution in [3.05, 3.63) is 91.0 Å². The van der Waals surface area contributed by atoms with Gasteiger partial charge in [0.05, 0.1) is 0 Å². The molecule has 1 aliphatic carbocycles. The van der Waals surface area contributed by atoms with Crippen LogP contribution in [0.15, 0.2) is 91.0 Å². The van der Waals surface area contributed by atoms with Gasteiger partial charge in [0.15, 0.2) is 0 Å². The fraction of sp³-hybridized carbons (Fsp3) is 0.231. The molecule has 0 atom stereocenters. The molecule has 4 rings (SSSR count). The van der Waals surface area contributed by atoms with Gasteiger partial charge in [0.25, 0.3) is 0 Å². The second-order valence-corrected chi connectivity index (χ2v) is 13.8. The van der Waals surface area contributed by atoms with Crippen LogP contribution in [-0.2, 0) is 0 Å². The summed E-state index contributed by atoms with van der Waals surface area (Å²) in [5.74, 6) is 4.35. The van der Waals surface area contributed by atoms with Crippen molar-refractivity contribution in [2.45, 2.75) is 32.1 Å². The molecule has 27 heavy (non-hydrogen) atoms. The summed E-state index contributed by atoms with van der Waals surface area (Å²) in [6.07, 6.45) is 6.57. The molecule has 3 aromatic rings. The van der Waals surface area contributed by atoms with Gasteiger partial charge in [-0.3, -0.25) is 0 Å². The van der Waals surface area contributed by atoms with Crippen LogP contribution in [-0.4, -0.2) is 13.6 Å². The molecule has 0 unspecified atom stereocenters. The van der Waals surface area contributed by atoms with E-state index in [1.807, 2.05) is 0 Å². The minimum atomic E-state index is -2.83. The summed E-state index contributed by atoms with van der Waals surface area (Å²) in [5.41, 5.74) is 0. The zero-order valence-electron chi connectivity index (χ0n) is 15.7. The van der Waals surface area contributed by atoms with Gasteiger partial charge < -0.3 is 0 Å². The van der Waals surface area contributed by atoms with Crippen LogP contribution in [0.2, 0.25) is 0 Å². The molecule has 0 aliphatic heterocycles. The van der Waals surface area contributed by atoms with Gasteiger partial charge in [-0.2, -0.15) is 0 Å². The van der Waals surface area contributed by atoms with Crippen LogP contribution >= 0.6 is 0 Å². The fourth-order valence-corrected chi connectivity index (χ4v) is 11.4. The summed E-state index contributed by atoms with van der Waals surface area (Å²) in [7, 11) is 0. The van der Waals surface area contributed by atoms with E-state index >= 15 is 0 Å². The maximum absolute atomic E-state index is 3.97. The van der Waals surface area contributed by atoms with Crippen molar-refractivity contribution in [1.29, 1.82) is 0 Å². The molecular weight excluding hydrogens is 387 g/mol. The number of hydrogen-bond donors (Lipinski definition) is 0. The van der Waals surface area contributed by atoms with Crippen molar-refractivity contribution in [3.63, 3.8) is 0 Å². The Bertz CT molecular complexity index is 801. The number of rotatable bonds is 3. The van der Waals surface area contributed by atoms with E-state index in [4.69, 9.17) is 0 Å². The summed E-state index contributed by atoms with van der Waals surface area (Å²) in [4.78, 5) is 0. The predicted molar refractivity (Wildman–Crippen MR) is 118 cm³/mol. The molecule has 0 spiro atoms. The van der Waals surface area contributed by atoms with Crippen molar-refractivity contribution < 1.29 is 0 Å². The zero-order chi connectivity index (χ0) is 18.4. The van der Waals surface area contributed by atoms with Crippen LogP contribution in [0.25, 0.3) is 0 Å². The molecule has 1 heteroatoms. The van der Waals surface area contributed by atoms with E-state index in [0.29, 0.717) is 5.92 Å². The average Bonchev–Trinajstić information content (AvgIpc) is 2.77. The minimum absolute atomic E-state index is 0.565. The third-order valence-corrected chi connectivity index (χ3v) is 13.2. The van der Waals surface area contributed by atoms with Crippen LogP contribution < -0.4 is 13.1 Å². The van der Waals surface area contributed by atoms with Gasteiger partial charge in [-0.05, 0) is 0 Å². The standard InChI is InChI=1S/C26H26As/c1-5-13-23(14-6-1)21-22-27(24-15-7-2-8-16-24,25-17-9-3-10-18-25)26-19-11-4-12-20-26/h2-4,7-12,15-20,23H,1,5-6,13-14H2/q+1.